The van der Waals surface area contributed by atoms with Gasteiger partial charge in [-0.25, -0.2) is 0 Å². The molecule has 0 radical (unpaired) electrons. The molecule has 1 saturated heterocycles. The second kappa shape index (κ2) is 8.48. The number of likely N-dealkylation sites (tertiary alicyclic amines) is 1. The largest absolute Gasteiger partial charge is 0.472 e. The van der Waals surface area contributed by atoms with Crippen molar-refractivity contribution >= 4 is 11.8 Å². The van der Waals surface area contributed by atoms with E-state index in [0.29, 0.717) is 12.1 Å². The van der Waals surface area contributed by atoms with E-state index in [1.54, 1.807) is 6.07 Å². The number of furan rings is 1. The monoisotopic (exact) mass is 341 g/mol. The molecule has 1 aromatic carbocycles. The third kappa shape index (κ3) is 5.19. The molecule has 2 heterocycles. The Balaban J connectivity index is 1.34. The maximum atomic E-state index is 12.0. The molecule has 25 heavy (non-hydrogen) atoms. The normalized spacial score (nSPS) is 17.4. The van der Waals surface area contributed by atoms with Gasteiger partial charge >= 0.3 is 0 Å². The second-order valence-electron chi connectivity index (χ2n) is 6.29. The number of carbonyl (C=O) groups is 2. The minimum atomic E-state index is -0.226. The Hall–Kier alpha value is -2.60. The fourth-order valence-corrected chi connectivity index (χ4v) is 3.02. The van der Waals surface area contributed by atoms with E-state index < -0.39 is 0 Å². The maximum absolute atomic E-state index is 12.0. The molecule has 1 fully saturated rings. The Bertz CT molecular complexity index is 685. The molecule has 2 N–H and O–H groups in total. The van der Waals surface area contributed by atoms with Crippen LogP contribution < -0.4 is 10.6 Å². The molecular formula is C19H23N3O3. The fraction of sp³-hybridized carbons (Fsp3) is 0.368. The van der Waals surface area contributed by atoms with Crippen LogP contribution in [0.5, 0.6) is 0 Å². The zero-order valence-corrected chi connectivity index (χ0v) is 14.1. The number of rotatable bonds is 7. The molecule has 0 saturated carbocycles. The Kier molecular flexibility index (Phi) is 5.85. The van der Waals surface area contributed by atoms with Gasteiger partial charge in [-0.3, -0.25) is 14.5 Å². The van der Waals surface area contributed by atoms with Crippen molar-refractivity contribution < 1.29 is 14.0 Å². The van der Waals surface area contributed by atoms with Crippen LogP contribution in [0, 0.1) is 0 Å². The van der Waals surface area contributed by atoms with E-state index in [1.807, 2.05) is 18.2 Å². The number of amides is 2. The van der Waals surface area contributed by atoms with E-state index in [2.05, 4.69) is 27.7 Å². The summed E-state index contributed by atoms with van der Waals surface area (Å²) in [5.41, 5.74) is 1.75. The van der Waals surface area contributed by atoms with Crippen LogP contribution in [0.3, 0.4) is 0 Å². The third-order valence-corrected chi connectivity index (χ3v) is 4.31. The van der Waals surface area contributed by atoms with Gasteiger partial charge in [0.05, 0.1) is 11.8 Å². The topological polar surface area (TPSA) is 74.6 Å². The van der Waals surface area contributed by atoms with Gasteiger partial charge in [-0.2, -0.15) is 0 Å². The summed E-state index contributed by atoms with van der Waals surface area (Å²) in [7, 11) is 0. The zero-order chi connectivity index (χ0) is 17.5. The summed E-state index contributed by atoms with van der Waals surface area (Å²) in [5, 5.41) is 5.76. The number of benzene rings is 1. The van der Waals surface area contributed by atoms with Crippen molar-refractivity contribution in [1.82, 2.24) is 15.5 Å². The number of hydrogen-bond acceptors (Lipinski definition) is 4. The lowest BCUT2D eigenvalue weighted by molar-refractivity contribution is -0.121. The van der Waals surface area contributed by atoms with Gasteiger partial charge in [0.1, 0.15) is 6.26 Å². The minimum Gasteiger partial charge on any atom is -0.472 e. The van der Waals surface area contributed by atoms with Crippen molar-refractivity contribution in [1.29, 1.82) is 0 Å². The Morgan fingerprint density at radius 1 is 1.20 bits per heavy atom. The van der Waals surface area contributed by atoms with Crippen molar-refractivity contribution in [2.24, 2.45) is 0 Å². The van der Waals surface area contributed by atoms with Gasteiger partial charge < -0.3 is 15.1 Å². The van der Waals surface area contributed by atoms with Crippen LogP contribution in [0.2, 0.25) is 0 Å². The summed E-state index contributed by atoms with van der Waals surface area (Å²) in [4.78, 5) is 26.1. The second-order valence-corrected chi connectivity index (χ2v) is 6.29. The zero-order valence-electron chi connectivity index (χ0n) is 14.1. The van der Waals surface area contributed by atoms with E-state index in [4.69, 9.17) is 4.42 Å². The first-order valence-corrected chi connectivity index (χ1v) is 8.57. The number of carbonyl (C=O) groups excluding carboxylic acids is 2. The van der Waals surface area contributed by atoms with Crippen LogP contribution in [0.4, 0.5) is 0 Å². The molecule has 2 aromatic rings. The first-order chi connectivity index (χ1) is 12.2. The van der Waals surface area contributed by atoms with Gasteiger partial charge in [-0.1, -0.05) is 30.3 Å². The van der Waals surface area contributed by atoms with Gasteiger partial charge in [0.15, 0.2) is 0 Å². The molecule has 132 valence electrons. The van der Waals surface area contributed by atoms with Crippen molar-refractivity contribution in [3.63, 3.8) is 0 Å². The predicted octanol–water partition coefficient (Wildman–Crippen LogP) is 1.79. The molecule has 6 heteroatoms. The molecule has 0 spiro atoms. The van der Waals surface area contributed by atoms with Gasteiger partial charge in [-0.05, 0) is 18.1 Å². The fourth-order valence-electron chi connectivity index (χ4n) is 3.02. The van der Waals surface area contributed by atoms with Crippen molar-refractivity contribution in [3.05, 3.63) is 60.1 Å². The predicted molar refractivity (Wildman–Crippen MR) is 93.9 cm³/mol. The molecule has 1 unspecified atom stereocenters. The summed E-state index contributed by atoms with van der Waals surface area (Å²) in [6.45, 7) is 3.07. The molecule has 1 aliphatic heterocycles. The van der Waals surface area contributed by atoms with Crippen LogP contribution in [0.15, 0.2) is 53.3 Å². The summed E-state index contributed by atoms with van der Waals surface area (Å²) in [6, 6.07) is 12.1. The minimum absolute atomic E-state index is 0.0287. The van der Waals surface area contributed by atoms with Crippen LogP contribution in [-0.4, -0.2) is 42.4 Å². The number of nitrogens with zero attached hydrogens (tertiary/aromatic N) is 1. The van der Waals surface area contributed by atoms with E-state index in [9.17, 15) is 9.59 Å². The van der Waals surface area contributed by atoms with Crippen molar-refractivity contribution in [3.8, 4) is 0 Å². The molecule has 0 bridgehead atoms. The maximum Gasteiger partial charge on any atom is 0.254 e. The van der Waals surface area contributed by atoms with Crippen LogP contribution >= 0.6 is 0 Å². The van der Waals surface area contributed by atoms with Crippen molar-refractivity contribution in [2.45, 2.75) is 25.4 Å². The van der Waals surface area contributed by atoms with Gasteiger partial charge in [0.2, 0.25) is 5.91 Å². The lowest BCUT2D eigenvalue weighted by Crippen LogP contribution is -2.38. The smallest absolute Gasteiger partial charge is 0.254 e. The van der Waals surface area contributed by atoms with E-state index in [-0.39, 0.29) is 24.3 Å². The highest BCUT2D eigenvalue weighted by molar-refractivity contribution is 5.94. The molecule has 3 rings (SSSR count). The van der Waals surface area contributed by atoms with Gasteiger partial charge in [0.25, 0.3) is 5.91 Å². The molecule has 0 aliphatic carbocycles. The standard InChI is InChI=1S/C19H23N3O3/c23-18(6-9-20-19(24)16-8-11-25-14-16)21-17-7-10-22(13-17)12-15-4-2-1-3-5-15/h1-5,8,11,14,17H,6-7,9-10,12-13H2,(H,20,24)(H,21,23). The van der Waals surface area contributed by atoms with Crippen LogP contribution in [0.25, 0.3) is 0 Å². The first-order valence-electron chi connectivity index (χ1n) is 8.57. The molecular weight excluding hydrogens is 318 g/mol. The highest BCUT2D eigenvalue weighted by atomic mass is 16.3. The summed E-state index contributed by atoms with van der Waals surface area (Å²) < 4.78 is 4.86. The average molecular weight is 341 g/mol. The Morgan fingerprint density at radius 3 is 2.80 bits per heavy atom. The first kappa shape index (κ1) is 17.2. The highest BCUT2D eigenvalue weighted by Crippen LogP contribution is 2.13. The van der Waals surface area contributed by atoms with E-state index in [0.717, 1.165) is 26.1 Å². The van der Waals surface area contributed by atoms with E-state index >= 15 is 0 Å². The molecule has 1 aliphatic rings. The number of hydrogen-bond donors (Lipinski definition) is 2. The summed E-state index contributed by atoms with van der Waals surface area (Å²) >= 11 is 0. The highest BCUT2D eigenvalue weighted by Gasteiger charge is 2.23. The Labute approximate surface area is 147 Å². The SMILES string of the molecule is O=C(CCNC(=O)c1ccoc1)NC1CCN(Cc2ccccc2)C1. The quantitative estimate of drug-likeness (QED) is 0.805. The summed E-state index contributed by atoms with van der Waals surface area (Å²) in [5.74, 6) is -0.254. The van der Waals surface area contributed by atoms with Gasteiger partial charge in [-0.15, -0.1) is 0 Å². The molecule has 6 nitrogen and oxygen atoms in total. The van der Waals surface area contributed by atoms with E-state index in [1.165, 1.54) is 18.1 Å². The van der Waals surface area contributed by atoms with Crippen LogP contribution in [0.1, 0.15) is 28.8 Å². The number of nitrogens with one attached hydrogen (secondary N) is 2. The molecule has 1 aromatic heterocycles. The third-order valence-electron chi connectivity index (χ3n) is 4.31. The Morgan fingerprint density at radius 2 is 2.04 bits per heavy atom. The lowest BCUT2D eigenvalue weighted by atomic mass is 10.2. The van der Waals surface area contributed by atoms with Crippen molar-refractivity contribution in [2.75, 3.05) is 19.6 Å². The van der Waals surface area contributed by atoms with Gasteiger partial charge in [0, 0.05) is 38.6 Å². The summed E-state index contributed by atoms with van der Waals surface area (Å²) in [6.07, 6.45) is 4.07. The lowest BCUT2D eigenvalue weighted by Gasteiger charge is -2.17. The average Bonchev–Trinajstić information content (AvgIpc) is 3.28. The molecule has 2 amide bonds. The van der Waals surface area contributed by atoms with Crippen LogP contribution in [-0.2, 0) is 11.3 Å². The molecule has 1 atom stereocenters.